The highest BCUT2D eigenvalue weighted by atomic mass is 16.2. The Balaban J connectivity index is 2.84. The number of Topliss-reactive ketones (excluding diaryl/α,β-unsaturated/α-hetero) is 1. The van der Waals surface area contributed by atoms with Crippen LogP contribution in [0, 0.1) is 17.3 Å². The summed E-state index contributed by atoms with van der Waals surface area (Å²) in [5, 5.41) is 0. The predicted molar refractivity (Wildman–Crippen MR) is 68.6 cm³/mol. The molecule has 0 aromatic heterocycles. The van der Waals surface area contributed by atoms with Gasteiger partial charge in [0, 0.05) is 12.5 Å². The Morgan fingerprint density at radius 1 is 1.29 bits per heavy atom. The summed E-state index contributed by atoms with van der Waals surface area (Å²) in [6.07, 6.45) is 0.817. The zero-order chi connectivity index (χ0) is 13.4. The number of ketones is 1. The standard InChI is InChI=1S/C14H25NO2/c1-9-7-12(11(3)16)15(8-9)13(17)10(2)14(4,5)6/h9-10,12H,7-8H2,1-6H3/t9?,10-,12+/m1/s1. The van der Waals surface area contributed by atoms with Crippen LogP contribution in [-0.2, 0) is 9.59 Å². The van der Waals surface area contributed by atoms with Gasteiger partial charge in [0.05, 0.1) is 6.04 Å². The zero-order valence-electron chi connectivity index (χ0n) is 11.9. The highest BCUT2D eigenvalue weighted by molar-refractivity contribution is 5.89. The zero-order valence-corrected chi connectivity index (χ0v) is 11.9. The second-order valence-corrected chi connectivity index (χ2v) is 6.55. The van der Waals surface area contributed by atoms with Crippen LogP contribution in [0.25, 0.3) is 0 Å². The van der Waals surface area contributed by atoms with E-state index < -0.39 is 0 Å². The molecule has 0 bridgehead atoms. The summed E-state index contributed by atoms with van der Waals surface area (Å²) >= 11 is 0. The van der Waals surface area contributed by atoms with Gasteiger partial charge in [0.2, 0.25) is 5.91 Å². The van der Waals surface area contributed by atoms with Crippen LogP contribution in [-0.4, -0.2) is 29.2 Å². The minimum absolute atomic E-state index is 0.0466. The molecule has 1 fully saturated rings. The number of hydrogen-bond acceptors (Lipinski definition) is 2. The van der Waals surface area contributed by atoms with E-state index >= 15 is 0 Å². The second-order valence-electron chi connectivity index (χ2n) is 6.55. The van der Waals surface area contributed by atoms with Crippen LogP contribution in [0.5, 0.6) is 0 Å². The van der Waals surface area contributed by atoms with E-state index in [0.29, 0.717) is 5.92 Å². The van der Waals surface area contributed by atoms with E-state index in [4.69, 9.17) is 0 Å². The van der Waals surface area contributed by atoms with Crippen LogP contribution in [0.1, 0.15) is 48.0 Å². The van der Waals surface area contributed by atoms with Crippen LogP contribution in [0.4, 0.5) is 0 Å². The van der Waals surface area contributed by atoms with E-state index in [1.54, 1.807) is 11.8 Å². The lowest BCUT2D eigenvalue weighted by Gasteiger charge is -2.32. The molecule has 17 heavy (non-hydrogen) atoms. The van der Waals surface area contributed by atoms with Crippen molar-refractivity contribution in [1.29, 1.82) is 0 Å². The summed E-state index contributed by atoms with van der Waals surface area (Å²) in [7, 11) is 0. The number of carbonyl (C=O) groups excluding carboxylic acids is 2. The summed E-state index contributed by atoms with van der Waals surface area (Å²) in [5.41, 5.74) is -0.0513. The van der Waals surface area contributed by atoms with Crippen molar-refractivity contribution in [2.24, 2.45) is 17.3 Å². The molecule has 0 spiro atoms. The molecule has 1 rings (SSSR count). The number of likely N-dealkylation sites (tertiary alicyclic amines) is 1. The molecule has 0 aliphatic carbocycles. The molecule has 0 N–H and O–H groups in total. The van der Waals surface area contributed by atoms with E-state index in [0.717, 1.165) is 13.0 Å². The van der Waals surface area contributed by atoms with Gasteiger partial charge in [-0.2, -0.15) is 0 Å². The maximum atomic E-state index is 12.4. The van der Waals surface area contributed by atoms with E-state index in [1.165, 1.54) is 0 Å². The SMILES string of the molecule is CC(=O)[C@@H]1CC(C)CN1C(=O)[C@@H](C)C(C)(C)C. The molecular formula is C14H25NO2. The fourth-order valence-corrected chi connectivity index (χ4v) is 2.29. The Morgan fingerprint density at radius 2 is 1.82 bits per heavy atom. The van der Waals surface area contributed by atoms with Gasteiger partial charge in [0.25, 0.3) is 0 Å². The average molecular weight is 239 g/mol. The summed E-state index contributed by atoms with van der Waals surface area (Å²) in [5.74, 6) is 0.625. The first-order valence-corrected chi connectivity index (χ1v) is 6.45. The van der Waals surface area contributed by atoms with E-state index in [2.05, 4.69) is 27.7 Å². The van der Waals surface area contributed by atoms with Crippen LogP contribution in [0.15, 0.2) is 0 Å². The molecular weight excluding hydrogens is 214 g/mol. The minimum Gasteiger partial charge on any atom is -0.332 e. The molecule has 1 saturated heterocycles. The summed E-state index contributed by atoms with van der Waals surface area (Å²) < 4.78 is 0. The van der Waals surface area contributed by atoms with E-state index in [-0.39, 0.29) is 29.1 Å². The van der Waals surface area contributed by atoms with Gasteiger partial charge in [-0.1, -0.05) is 34.6 Å². The van der Waals surface area contributed by atoms with Gasteiger partial charge in [0.1, 0.15) is 0 Å². The third-order valence-electron chi connectivity index (χ3n) is 3.93. The van der Waals surface area contributed by atoms with E-state index in [1.807, 2.05) is 6.92 Å². The van der Waals surface area contributed by atoms with Crippen molar-refractivity contribution in [2.45, 2.75) is 54.0 Å². The van der Waals surface area contributed by atoms with Crippen LogP contribution < -0.4 is 0 Å². The van der Waals surface area contributed by atoms with Crippen molar-refractivity contribution in [3.63, 3.8) is 0 Å². The molecule has 1 heterocycles. The second kappa shape index (κ2) is 4.79. The molecule has 98 valence electrons. The van der Waals surface area contributed by atoms with E-state index in [9.17, 15) is 9.59 Å². The molecule has 1 amide bonds. The highest BCUT2D eigenvalue weighted by Gasteiger charge is 2.39. The quantitative estimate of drug-likeness (QED) is 0.742. The third-order valence-corrected chi connectivity index (χ3v) is 3.93. The van der Waals surface area contributed by atoms with Gasteiger partial charge < -0.3 is 4.90 Å². The van der Waals surface area contributed by atoms with Gasteiger partial charge in [0.15, 0.2) is 5.78 Å². The van der Waals surface area contributed by atoms with Crippen LogP contribution in [0.3, 0.4) is 0 Å². The van der Waals surface area contributed by atoms with Crippen molar-refractivity contribution in [1.82, 2.24) is 4.90 Å². The van der Waals surface area contributed by atoms with Crippen molar-refractivity contribution >= 4 is 11.7 Å². The number of amides is 1. The van der Waals surface area contributed by atoms with Crippen molar-refractivity contribution < 1.29 is 9.59 Å². The maximum Gasteiger partial charge on any atom is 0.226 e. The largest absolute Gasteiger partial charge is 0.332 e. The molecule has 1 unspecified atom stereocenters. The fraction of sp³-hybridized carbons (Fsp3) is 0.857. The molecule has 3 nitrogen and oxygen atoms in total. The molecule has 3 atom stereocenters. The summed E-state index contributed by atoms with van der Waals surface area (Å²) in [4.78, 5) is 25.8. The monoisotopic (exact) mass is 239 g/mol. The minimum atomic E-state index is -0.192. The van der Waals surface area contributed by atoms with Gasteiger partial charge in [-0.05, 0) is 24.7 Å². The topological polar surface area (TPSA) is 37.4 Å². The Hall–Kier alpha value is -0.860. The van der Waals surface area contributed by atoms with Crippen molar-refractivity contribution in [3.05, 3.63) is 0 Å². The average Bonchev–Trinajstić information content (AvgIpc) is 2.56. The summed E-state index contributed by atoms with van der Waals surface area (Å²) in [6.45, 7) is 12.6. The normalized spacial score (nSPS) is 27.1. The molecule has 0 aromatic carbocycles. The summed E-state index contributed by atoms with van der Waals surface area (Å²) in [6, 6.07) is -0.192. The van der Waals surface area contributed by atoms with Gasteiger partial charge in [-0.25, -0.2) is 0 Å². The molecule has 0 saturated carbocycles. The molecule has 3 heteroatoms. The fourth-order valence-electron chi connectivity index (χ4n) is 2.29. The maximum absolute atomic E-state index is 12.4. The molecule has 1 aliphatic heterocycles. The Morgan fingerprint density at radius 3 is 2.24 bits per heavy atom. The smallest absolute Gasteiger partial charge is 0.226 e. The van der Waals surface area contributed by atoms with Gasteiger partial charge in [-0.3, -0.25) is 9.59 Å². The van der Waals surface area contributed by atoms with Crippen LogP contribution >= 0.6 is 0 Å². The molecule has 0 radical (unpaired) electrons. The predicted octanol–water partition coefficient (Wildman–Crippen LogP) is 2.49. The Labute approximate surface area is 105 Å². The Bertz CT molecular complexity index is 317. The van der Waals surface area contributed by atoms with Crippen LogP contribution in [0.2, 0.25) is 0 Å². The first-order chi connectivity index (χ1) is 7.64. The highest BCUT2D eigenvalue weighted by Crippen LogP contribution is 2.31. The first-order valence-electron chi connectivity index (χ1n) is 6.45. The van der Waals surface area contributed by atoms with Gasteiger partial charge in [-0.15, -0.1) is 0 Å². The number of hydrogen-bond donors (Lipinski definition) is 0. The number of carbonyl (C=O) groups is 2. The number of nitrogens with zero attached hydrogens (tertiary/aromatic N) is 1. The lowest BCUT2D eigenvalue weighted by molar-refractivity contribution is -0.142. The third kappa shape index (κ3) is 3.08. The number of rotatable bonds is 2. The lowest BCUT2D eigenvalue weighted by Crippen LogP contribution is -2.45. The van der Waals surface area contributed by atoms with Crippen molar-refractivity contribution in [2.75, 3.05) is 6.54 Å². The molecule has 1 aliphatic rings. The lowest BCUT2D eigenvalue weighted by atomic mass is 9.81. The van der Waals surface area contributed by atoms with Crippen molar-refractivity contribution in [3.8, 4) is 0 Å². The Kier molecular flexibility index (Phi) is 4.00. The van der Waals surface area contributed by atoms with Gasteiger partial charge >= 0.3 is 0 Å². The first kappa shape index (κ1) is 14.2. The molecule has 0 aromatic rings.